The number of piperidine rings is 1. The van der Waals surface area contributed by atoms with E-state index in [1.165, 1.54) is 0 Å². The molecule has 0 aliphatic carbocycles. The first-order valence-corrected chi connectivity index (χ1v) is 8.33. The fourth-order valence-electron chi connectivity index (χ4n) is 3.58. The molecule has 0 radical (unpaired) electrons. The van der Waals surface area contributed by atoms with Crippen molar-refractivity contribution in [3.05, 3.63) is 24.3 Å². The van der Waals surface area contributed by atoms with Crippen LogP contribution >= 0.6 is 0 Å². The third-order valence-electron chi connectivity index (χ3n) is 4.83. The highest BCUT2D eigenvalue weighted by molar-refractivity contribution is 6.01. The molecule has 1 saturated heterocycles. The van der Waals surface area contributed by atoms with Crippen molar-refractivity contribution in [2.45, 2.75) is 32.3 Å². The molecule has 7 nitrogen and oxygen atoms in total. The highest BCUT2D eigenvalue weighted by Gasteiger charge is 2.25. The largest absolute Gasteiger partial charge is 0.385 e. The van der Waals surface area contributed by atoms with Crippen molar-refractivity contribution in [2.75, 3.05) is 18.1 Å². The zero-order valence-corrected chi connectivity index (χ0v) is 13.6. The van der Waals surface area contributed by atoms with E-state index in [2.05, 4.69) is 30.7 Å². The van der Waals surface area contributed by atoms with Crippen LogP contribution in [0.5, 0.6) is 0 Å². The summed E-state index contributed by atoms with van der Waals surface area (Å²) in [6.45, 7) is 3.44. The van der Waals surface area contributed by atoms with Gasteiger partial charge in [-0.15, -0.1) is 0 Å². The van der Waals surface area contributed by atoms with Gasteiger partial charge in [0.1, 0.15) is 22.8 Å². The van der Waals surface area contributed by atoms with Crippen LogP contribution in [0.25, 0.3) is 22.1 Å². The molecule has 1 fully saturated rings. The van der Waals surface area contributed by atoms with E-state index in [1.54, 1.807) is 13.1 Å². The molecule has 3 aromatic rings. The van der Waals surface area contributed by atoms with Gasteiger partial charge in [-0.25, -0.2) is 14.6 Å². The molecule has 0 saturated carbocycles. The summed E-state index contributed by atoms with van der Waals surface area (Å²) >= 11 is 0. The zero-order valence-electron chi connectivity index (χ0n) is 13.6. The quantitative estimate of drug-likeness (QED) is 0.770. The Morgan fingerprint density at radius 3 is 2.96 bits per heavy atom. The number of rotatable bonds is 3. The van der Waals surface area contributed by atoms with Crippen molar-refractivity contribution in [3.63, 3.8) is 0 Å². The maximum Gasteiger partial charge on any atom is 0.157 e. The smallest absolute Gasteiger partial charge is 0.157 e. The molecule has 24 heavy (non-hydrogen) atoms. The monoisotopic (exact) mass is 324 g/mol. The Labute approximate surface area is 139 Å². The molecule has 124 valence electrons. The molecule has 0 unspecified atom stereocenters. The number of nitriles is 1. The minimum Gasteiger partial charge on any atom is -0.385 e. The van der Waals surface area contributed by atoms with Crippen LogP contribution in [0.4, 0.5) is 0 Å². The molecule has 1 aliphatic rings. The molecule has 2 N–H and O–H groups in total. The molecule has 1 atom stereocenters. The molecule has 0 amide bonds. The summed E-state index contributed by atoms with van der Waals surface area (Å²) in [4.78, 5) is 12.1. The number of fused-ring (bicyclic) bond motifs is 3. The van der Waals surface area contributed by atoms with Crippen molar-refractivity contribution in [1.29, 1.82) is 5.26 Å². The van der Waals surface area contributed by atoms with Crippen LogP contribution in [0.15, 0.2) is 18.5 Å². The molecular formula is C17H20N6O. The van der Waals surface area contributed by atoms with Crippen molar-refractivity contribution >= 4 is 22.1 Å². The number of pyridine rings is 1. The van der Waals surface area contributed by atoms with Gasteiger partial charge in [0.2, 0.25) is 0 Å². The van der Waals surface area contributed by atoms with E-state index in [0.717, 1.165) is 48.0 Å². The van der Waals surface area contributed by atoms with E-state index < -0.39 is 6.10 Å². The van der Waals surface area contributed by atoms with Crippen molar-refractivity contribution < 1.29 is 5.11 Å². The highest BCUT2D eigenvalue weighted by Crippen LogP contribution is 2.29. The first kappa shape index (κ1) is 15.0. The summed E-state index contributed by atoms with van der Waals surface area (Å²) in [5, 5.41) is 22.4. The summed E-state index contributed by atoms with van der Waals surface area (Å²) in [6, 6.07) is 4.27. The molecular weight excluding hydrogens is 304 g/mol. The average molecular weight is 324 g/mol. The lowest BCUT2D eigenvalue weighted by molar-refractivity contribution is 0.182. The number of aliphatic hydroxyl groups excluding tert-OH is 1. The second kappa shape index (κ2) is 5.80. The zero-order chi connectivity index (χ0) is 16.7. The fourth-order valence-corrected chi connectivity index (χ4v) is 3.58. The normalized spacial score (nSPS) is 17.5. The number of aliphatic hydroxyl groups is 1. The average Bonchev–Trinajstić information content (AvgIpc) is 3.19. The van der Waals surface area contributed by atoms with E-state index in [-0.39, 0.29) is 0 Å². The van der Waals surface area contributed by atoms with Gasteiger partial charge >= 0.3 is 0 Å². The first-order valence-electron chi connectivity index (χ1n) is 8.33. The molecule has 1 aliphatic heterocycles. The maximum absolute atomic E-state index is 10.2. The molecule has 7 heteroatoms. The summed E-state index contributed by atoms with van der Waals surface area (Å²) < 4.78 is 2.06. The number of H-pyrrole nitrogens is 1. The van der Waals surface area contributed by atoms with E-state index >= 15 is 0 Å². The minimum atomic E-state index is -0.664. The SMILES string of the molecule is C[C@H](O)c1nc2cnc3[nH]ccc3c2n1N1CCC(CC#N)CC1. The van der Waals surface area contributed by atoms with Gasteiger partial charge in [0.25, 0.3) is 0 Å². The van der Waals surface area contributed by atoms with E-state index in [1.807, 2.05) is 12.3 Å². The van der Waals surface area contributed by atoms with Gasteiger partial charge in [-0.05, 0) is 31.7 Å². The number of hydrogen-bond acceptors (Lipinski definition) is 5. The molecule has 3 aromatic heterocycles. The predicted molar refractivity (Wildman–Crippen MR) is 90.9 cm³/mol. The fraction of sp³-hybridized carbons (Fsp3) is 0.471. The third kappa shape index (κ3) is 2.31. The second-order valence-corrected chi connectivity index (χ2v) is 6.45. The van der Waals surface area contributed by atoms with Crippen LogP contribution in [-0.4, -0.2) is 37.8 Å². The highest BCUT2D eigenvalue weighted by atomic mass is 16.3. The minimum absolute atomic E-state index is 0.463. The van der Waals surface area contributed by atoms with Crippen molar-refractivity contribution in [2.24, 2.45) is 5.92 Å². The Morgan fingerprint density at radius 1 is 1.46 bits per heavy atom. The Hall–Kier alpha value is -2.59. The number of nitrogens with one attached hydrogen (secondary N) is 1. The molecule has 4 heterocycles. The third-order valence-corrected chi connectivity index (χ3v) is 4.83. The predicted octanol–water partition coefficient (Wildman–Crippen LogP) is 2.23. The van der Waals surface area contributed by atoms with E-state index in [9.17, 15) is 5.11 Å². The Kier molecular flexibility index (Phi) is 3.62. The molecule has 0 spiro atoms. The van der Waals surface area contributed by atoms with Crippen LogP contribution in [0, 0.1) is 17.2 Å². The topological polar surface area (TPSA) is 93.8 Å². The van der Waals surface area contributed by atoms with Gasteiger partial charge in [0.05, 0.1) is 12.3 Å². The Balaban J connectivity index is 1.82. The van der Waals surface area contributed by atoms with Crippen LogP contribution in [0.3, 0.4) is 0 Å². The van der Waals surface area contributed by atoms with Crippen LogP contribution in [0.1, 0.15) is 38.1 Å². The van der Waals surface area contributed by atoms with Crippen LogP contribution in [0.2, 0.25) is 0 Å². The van der Waals surface area contributed by atoms with E-state index in [0.29, 0.717) is 18.2 Å². The number of aromatic amines is 1. The molecule has 0 bridgehead atoms. The number of aromatic nitrogens is 4. The number of imidazole rings is 1. The lowest BCUT2D eigenvalue weighted by Crippen LogP contribution is -2.42. The molecule has 4 rings (SSSR count). The van der Waals surface area contributed by atoms with Crippen LogP contribution < -0.4 is 5.01 Å². The van der Waals surface area contributed by atoms with Crippen LogP contribution in [-0.2, 0) is 0 Å². The Morgan fingerprint density at radius 2 is 2.25 bits per heavy atom. The second-order valence-electron chi connectivity index (χ2n) is 6.45. The van der Waals surface area contributed by atoms with Gasteiger partial charge in [0.15, 0.2) is 5.82 Å². The summed E-state index contributed by atoms with van der Waals surface area (Å²) in [7, 11) is 0. The first-order chi connectivity index (χ1) is 11.7. The lowest BCUT2D eigenvalue weighted by atomic mass is 9.95. The maximum atomic E-state index is 10.2. The van der Waals surface area contributed by atoms with Gasteiger partial charge in [-0.2, -0.15) is 5.26 Å². The van der Waals surface area contributed by atoms with Gasteiger partial charge in [0, 0.05) is 31.1 Å². The van der Waals surface area contributed by atoms with Crippen molar-refractivity contribution in [1.82, 2.24) is 19.6 Å². The summed E-state index contributed by atoms with van der Waals surface area (Å²) in [5.74, 6) is 1.10. The lowest BCUT2D eigenvalue weighted by Gasteiger charge is -2.35. The van der Waals surface area contributed by atoms with E-state index in [4.69, 9.17) is 5.26 Å². The number of hydrogen-bond donors (Lipinski definition) is 2. The standard InChI is InChI=1S/C17H20N6O/c1-11(24)17-21-14-10-20-16-13(3-7-19-16)15(14)23(17)22-8-4-12(2-6-18)5-9-22/h3,7,10-12,24H,2,4-5,8-9H2,1H3,(H,19,20)/t11-/m0/s1. The van der Waals surface area contributed by atoms with Gasteiger partial charge < -0.3 is 15.1 Å². The Bertz CT molecular complexity index is 910. The molecule has 0 aromatic carbocycles. The summed E-state index contributed by atoms with van der Waals surface area (Å²) in [6.07, 6.45) is 5.53. The summed E-state index contributed by atoms with van der Waals surface area (Å²) in [5.41, 5.74) is 2.59. The van der Waals surface area contributed by atoms with Gasteiger partial charge in [-0.3, -0.25) is 0 Å². The van der Waals surface area contributed by atoms with Crippen molar-refractivity contribution in [3.8, 4) is 6.07 Å². The van der Waals surface area contributed by atoms with Gasteiger partial charge in [-0.1, -0.05) is 0 Å². The number of nitrogens with zero attached hydrogens (tertiary/aromatic N) is 5.